The highest BCUT2D eigenvalue weighted by Gasteiger charge is 2.19. The number of amides is 2. The molecule has 0 saturated carbocycles. The van der Waals surface area contributed by atoms with Gasteiger partial charge in [-0.2, -0.15) is 0 Å². The first-order valence-electron chi connectivity index (χ1n) is 8.39. The van der Waals surface area contributed by atoms with E-state index in [4.69, 9.17) is 11.6 Å². The van der Waals surface area contributed by atoms with Gasteiger partial charge >= 0.3 is 0 Å². The molecule has 3 N–H and O–H groups in total. The molecule has 28 heavy (non-hydrogen) atoms. The van der Waals surface area contributed by atoms with E-state index in [2.05, 4.69) is 25.6 Å². The van der Waals surface area contributed by atoms with E-state index in [0.29, 0.717) is 11.4 Å². The first-order chi connectivity index (χ1) is 13.5. The summed E-state index contributed by atoms with van der Waals surface area (Å²) >= 11 is 5.91. The van der Waals surface area contributed by atoms with Crippen LogP contribution in [-0.2, 0) is 0 Å². The Kier molecular flexibility index (Phi) is 5.81. The molecule has 2 aromatic heterocycles. The second-order valence-corrected chi connectivity index (χ2v) is 6.09. The Bertz CT molecular complexity index is 1030. The lowest BCUT2D eigenvalue weighted by Crippen LogP contribution is -2.16. The number of aromatic amines is 1. The number of benzene rings is 1. The Morgan fingerprint density at radius 1 is 1.00 bits per heavy atom. The van der Waals surface area contributed by atoms with Gasteiger partial charge in [-0.1, -0.05) is 18.5 Å². The fourth-order valence-corrected chi connectivity index (χ4v) is 2.64. The molecule has 0 aliphatic carbocycles. The van der Waals surface area contributed by atoms with Crippen LogP contribution < -0.4 is 10.6 Å². The standard InChI is InChI=1S/C19H16ClN5O3/c1-2-14(26)15-16(23-10-22-15)19(28)25-12-7-5-11(6-8-12)24-18(27)13-4-3-9-21-17(13)20/h3-10H,2H2,1H3,(H,22,23)(H,24,27)(H,25,28). The summed E-state index contributed by atoms with van der Waals surface area (Å²) in [5.41, 5.74) is 1.49. The Morgan fingerprint density at radius 3 is 2.25 bits per heavy atom. The SMILES string of the molecule is CCC(=O)c1nc[nH]c1C(=O)Nc1ccc(NC(=O)c2cccnc2Cl)cc1. The van der Waals surface area contributed by atoms with Crippen LogP contribution in [0.3, 0.4) is 0 Å². The lowest BCUT2D eigenvalue weighted by molar-refractivity contribution is 0.0963. The summed E-state index contributed by atoms with van der Waals surface area (Å²) in [6.45, 7) is 1.70. The molecule has 142 valence electrons. The molecular formula is C19H16ClN5O3. The number of nitrogens with zero attached hydrogens (tertiary/aromatic N) is 2. The summed E-state index contributed by atoms with van der Waals surface area (Å²) in [6.07, 6.45) is 3.05. The topological polar surface area (TPSA) is 117 Å². The Labute approximate surface area is 165 Å². The van der Waals surface area contributed by atoms with Crippen molar-refractivity contribution in [2.24, 2.45) is 0 Å². The minimum absolute atomic E-state index is 0.107. The maximum atomic E-state index is 12.4. The summed E-state index contributed by atoms with van der Waals surface area (Å²) < 4.78 is 0. The zero-order valence-electron chi connectivity index (χ0n) is 14.8. The minimum Gasteiger partial charge on any atom is -0.340 e. The van der Waals surface area contributed by atoms with Crippen molar-refractivity contribution in [2.75, 3.05) is 10.6 Å². The summed E-state index contributed by atoms with van der Waals surface area (Å²) in [7, 11) is 0. The number of hydrogen-bond donors (Lipinski definition) is 3. The van der Waals surface area contributed by atoms with Gasteiger partial charge < -0.3 is 15.6 Å². The second-order valence-electron chi connectivity index (χ2n) is 5.73. The fourth-order valence-electron chi connectivity index (χ4n) is 2.43. The number of imidazole rings is 1. The normalized spacial score (nSPS) is 10.4. The Morgan fingerprint density at radius 2 is 1.64 bits per heavy atom. The van der Waals surface area contributed by atoms with E-state index in [1.807, 2.05) is 0 Å². The number of aromatic nitrogens is 3. The monoisotopic (exact) mass is 397 g/mol. The average Bonchev–Trinajstić information content (AvgIpc) is 3.19. The van der Waals surface area contributed by atoms with Gasteiger partial charge in [0.15, 0.2) is 5.78 Å². The van der Waals surface area contributed by atoms with Gasteiger partial charge in [0, 0.05) is 24.0 Å². The van der Waals surface area contributed by atoms with Gasteiger partial charge in [-0.15, -0.1) is 0 Å². The number of pyridine rings is 1. The summed E-state index contributed by atoms with van der Waals surface area (Å²) in [6, 6.07) is 9.68. The lowest BCUT2D eigenvalue weighted by atomic mass is 10.2. The molecule has 0 fully saturated rings. The first kappa shape index (κ1) is 19.2. The number of halogens is 1. The van der Waals surface area contributed by atoms with Crippen LogP contribution in [0.15, 0.2) is 48.9 Å². The number of ketones is 1. The highest BCUT2D eigenvalue weighted by molar-refractivity contribution is 6.33. The smallest absolute Gasteiger partial charge is 0.274 e. The molecule has 9 heteroatoms. The van der Waals surface area contributed by atoms with Gasteiger partial charge in [-0.25, -0.2) is 9.97 Å². The predicted octanol–water partition coefficient (Wildman–Crippen LogP) is 3.56. The van der Waals surface area contributed by atoms with Gasteiger partial charge in [-0.3, -0.25) is 14.4 Å². The van der Waals surface area contributed by atoms with E-state index >= 15 is 0 Å². The highest BCUT2D eigenvalue weighted by atomic mass is 35.5. The van der Waals surface area contributed by atoms with Gasteiger partial charge in [0.2, 0.25) is 0 Å². The molecular weight excluding hydrogens is 382 g/mol. The third kappa shape index (κ3) is 4.24. The van der Waals surface area contributed by atoms with E-state index < -0.39 is 11.8 Å². The molecule has 3 rings (SSSR count). The van der Waals surface area contributed by atoms with E-state index in [1.54, 1.807) is 43.3 Å². The van der Waals surface area contributed by atoms with Gasteiger partial charge in [0.05, 0.1) is 11.9 Å². The van der Waals surface area contributed by atoms with E-state index in [0.717, 1.165) is 0 Å². The summed E-state index contributed by atoms with van der Waals surface area (Å²) in [4.78, 5) is 46.9. The maximum absolute atomic E-state index is 12.4. The van der Waals surface area contributed by atoms with Crippen LogP contribution in [-0.4, -0.2) is 32.5 Å². The van der Waals surface area contributed by atoms with Crippen LogP contribution in [0.2, 0.25) is 5.15 Å². The van der Waals surface area contributed by atoms with Gasteiger partial charge in [-0.05, 0) is 36.4 Å². The number of H-pyrrole nitrogens is 1. The molecule has 2 amide bonds. The predicted molar refractivity (Wildman–Crippen MR) is 105 cm³/mol. The third-order valence-electron chi connectivity index (χ3n) is 3.86. The third-order valence-corrected chi connectivity index (χ3v) is 4.16. The summed E-state index contributed by atoms with van der Waals surface area (Å²) in [5, 5.41) is 5.49. The molecule has 0 unspecified atom stereocenters. The second kappa shape index (κ2) is 8.45. The number of anilines is 2. The molecule has 0 radical (unpaired) electrons. The molecule has 1 aromatic carbocycles. The van der Waals surface area contributed by atoms with Crippen molar-refractivity contribution in [3.05, 3.63) is 71.0 Å². The van der Waals surface area contributed by atoms with Crippen molar-refractivity contribution in [2.45, 2.75) is 13.3 Å². The molecule has 0 spiro atoms. The maximum Gasteiger partial charge on any atom is 0.274 e. The molecule has 2 heterocycles. The van der Waals surface area contributed by atoms with Crippen LogP contribution in [0.25, 0.3) is 0 Å². The van der Waals surface area contributed by atoms with E-state index in [1.165, 1.54) is 12.5 Å². The minimum atomic E-state index is -0.478. The zero-order chi connectivity index (χ0) is 20.1. The highest BCUT2D eigenvalue weighted by Crippen LogP contribution is 2.18. The zero-order valence-corrected chi connectivity index (χ0v) is 15.6. The van der Waals surface area contributed by atoms with Crippen LogP contribution >= 0.6 is 11.6 Å². The number of carbonyl (C=O) groups excluding carboxylic acids is 3. The van der Waals surface area contributed by atoms with Crippen LogP contribution in [0.1, 0.15) is 44.7 Å². The van der Waals surface area contributed by atoms with E-state index in [9.17, 15) is 14.4 Å². The number of carbonyl (C=O) groups is 3. The Hall–Kier alpha value is -3.52. The number of hydrogen-bond acceptors (Lipinski definition) is 5. The molecule has 0 bridgehead atoms. The van der Waals surface area contributed by atoms with Crippen LogP contribution in [0, 0.1) is 0 Å². The van der Waals surface area contributed by atoms with Gasteiger partial charge in [0.25, 0.3) is 11.8 Å². The number of Topliss-reactive ketones (excluding diaryl/α,β-unsaturated/α-hetero) is 1. The molecule has 0 aliphatic heterocycles. The van der Waals surface area contributed by atoms with Crippen LogP contribution in [0.4, 0.5) is 11.4 Å². The van der Waals surface area contributed by atoms with Crippen molar-refractivity contribution < 1.29 is 14.4 Å². The molecule has 0 saturated heterocycles. The average molecular weight is 398 g/mol. The first-order valence-corrected chi connectivity index (χ1v) is 8.77. The van der Waals surface area contributed by atoms with Crippen molar-refractivity contribution in [3.63, 3.8) is 0 Å². The van der Waals surface area contributed by atoms with Gasteiger partial charge in [0.1, 0.15) is 16.5 Å². The molecule has 8 nitrogen and oxygen atoms in total. The number of nitrogens with one attached hydrogen (secondary N) is 3. The van der Waals surface area contributed by atoms with Crippen molar-refractivity contribution >= 4 is 40.6 Å². The fraction of sp³-hybridized carbons (Fsp3) is 0.105. The largest absolute Gasteiger partial charge is 0.340 e. The molecule has 0 aliphatic rings. The Balaban J connectivity index is 1.67. The molecule has 3 aromatic rings. The van der Waals surface area contributed by atoms with Crippen molar-refractivity contribution in [1.82, 2.24) is 15.0 Å². The van der Waals surface area contributed by atoms with Crippen molar-refractivity contribution in [1.29, 1.82) is 0 Å². The van der Waals surface area contributed by atoms with Crippen LogP contribution in [0.5, 0.6) is 0 Å². The van der Waals surface area contributed by atoms with Crippen molar-refractivity contribution in [3.8, 4) is 0 Å². The quantitative estimate of drug-likeness (QED) is 0.434. The lowest BCUT2D eigenvalue weighted by Gasteiger charge is -2.08. The van der Waals surface area contributed by atoms with E-state index in [-0.39, 0.29) is 34.3 Å². The number of rotatable bonds is 6. The molecule has 0 atom stereocenters. The summed E-state index contributed by atoms with van der Waals surface area (Å²) in [5.74, 6) is -1.10.